The summed E-state index contributed by atoms with van der Waals surface area (Å²) >= 11 is 0. The lowest BCUT2D eigenvalue weighted by molar-refractivity contribution is -0.145. The summed E-state index contributed by atoms with van der Waals surface area (Å²) in [5.74, 6) is -2.64. The van der Waals surface area contributed by atoms with Gasteiger partial charge in [0, 0.05) is 31.0 Å². The van der Waals surface area contributed by atoms with Gasteiger partial charge >= 0.3 is 0 Å². The summed E-state index contributed by atoms with van der Waals surface area (Å²) in [6, 6.07) is 20.0. The van der Waals surface area contributed by atoms with Crippen molar-refractivity contribution < 1.29 is 28.3 Å². The average Bonchev–Trinajstić information content (AvgIpc) is 3.62. The molecular formula is C33H33FN4O5. The van der Waals surface area contributed by atoms with E-state index in [1.807, 2.05) is 24.3 Å². The van der Waals surface area contributed by atoms with Gasteiger partial charge in [0.25, 0.3) is 11.7 Å². The number of para-hydroxylation sites is 1. The smallest absolute Gasteiger partial charge is 0.299 e. The van der Waals surface area contributed by atoms with Crippen molar-refractivity contribution in [3.63, 3.8) is 0 Å². The van der Waals surface area contributed by atoms with Gasteiger partial charge < -0.3 is 19.9 Å². The van der Waals surface area contributed by atoms with Crippen molar-refractivity contribution in [3.8, 4) is 0 Å². The topological polar surface area (TPSA) is 99.3 Å². The number of nitrogens with one attached hydrogen (secondary N) is 1. The largest absolute Gasteiger partial charge is 0.378 e. The van der Waals surface area contributed by atoms with E-state index in [2.05, 4.69) is 10.2 Å². The number of fused-ring (bicyclic) bond motifs is 1. The molecule has 3 amide bonds. The summed E-state index contributed by atoms with van der Waals surface area (Å²) in [6.07, 6.45) is 2.34. The zero-order valence-electron chi connectivity index (χ0n) is 23.8. The maximum Gasteiger partial charge on any atom is 0.299 e. The average molecular weight is 585 g/mol. The molecule has 0 bridgehead atoms. The summed E-state index contributed by atoms with van der Waals surface area (Å²) < 4.78 is 19.2. The number of anilines is 3. The van der Waals surface area contributed by atoms with E-state index in [1.54, 1.807) is 36.4 Å². The maximum atomic E-state index is 14.2. The van der Waals surface area contributed by atoms with E-state index >= 15 is 0 Å². The van der Waals surface area contributed by atoms with E-state index in [0.29, 0.717) is 43.0 Å². The monoisotopic (exact) mass is 584 g/mol. The molecule has 2 heterocycles. The molecule has 0 spiro atoms. The summed E-state index contributed by atoms with van der Waals surface area (Å²) in [5, 5.41) is 3.04. The number of ether oxygens (including phenoxy) is 1. The highest BCUT2D eigenvalue weighted by Gasteiger charge is 2.49. The van der Waals surface area contributed by atoms with Crippen LogP contribution in [0.25, 0.3) is 0 Å². The molecule has 10 heteroatoms. The molecule has 222 valence electrons. The minimum Gasteiger partial charge on any atom is -0.378 e. The van der Waals surface area contributed by atoms with Gasteiger partial charge in [-0.05, 0) is 66.9 Å². The molecule has 0 unspecified atom stereocenters. The molecule has 9 nitrogen and oxygen atoms in total. The lowest BCUT2D eigenvalue weighted by Crippen LogP contribution is -2.59. The fourth-order valence-electron chi connectivity index (χ4n) is 6.28. The first-order valence-corrected chi connectivity index (χ1v) is 14.6. The summed E-state index contributed by atoms with van der Waals surface area (Å²) in [6.45, 7) is 2.57. The number of ketones is 1. The molecule has 3 aliphatic rings. The third kappa shape index (κ3) is 5.62. The number of carbonyl (C=O) groups excluding carboxylic acids is 4. The van der Waals surface area contributed by atoms with Crippen molar-refractivity contribution in [2.24, 2.45) is 0 Å². The number of halogens is 1. The van der Waals surface area contributed by atoms with Crippen LogP contribution in [-0.4, -0.2) is 66.8 Å². The van der Waals surface area contributed by atoms with Crippen molar-refractivity contribution in [1.82, 2.24) is 4.90 Å². The van der Waals surface area contributed by atoms with Gasteiger partial charge in [-0.15, -0.1) is 0 Å². The van der Waals surface area contributed by atoms with Gasteiger partial charge in [-0.25, -0.2) is 4.39 Å². The number of hydrogen-bond acceptors (Lipinski definition) is 6. The highest BCUT2D eigenvalue weighted by molar-refractivity contribution is 6.52. The quantitative estimate of drug-likeness (QED) is 0.399. The van der Waals surface area contributed by atoms with Crippen molar-refractivity contribution in [2.45, 2.75) is 37.8 Å². The Bertz CT molecular complexity index is 1530. The van der Waals surface area contributed by atoms with Gasteiger partial charge in [-0.2, -0.15) is 0 Å². The molecule has 1 saturated carbocycles. The highest BCUT2D eigenvalue weighted by Crippen LogP contribution is 2.39. The molecule has 0 atom stereocenters. The lowest BCUT2D eigenvalue weighted by Gasteiger charge is -2.41. The van der Waals surface area contributed by atoms with Crippen molar-refractivity contribution in [3.05, 3.63) is 89.7 Å². The number of Topliss-reactive ketones (excluding diaryl/α,β-unsaturated/α-hetero) is 1. The van der Waals surface area contributed by atoms with Crippen molar-refractivity contribution >= 4 is 40.6 Å². The van der Waals surface area contributed by atoms with Crippen molar-refractivity contribution in [2.75, 3.05) is 48.0 Å². The Morgan fingerprint density at radius 2 is 1.58 bits per heavy atom. The molecule has 0 aromatic heterocycles. The van der Waals surface area contributed by atoms with Crippen LogP contribution >= 0.6 is 0 Å². The van der Waals surface area contributed by atoms with Gasteiger partial charge in [0.05, 0.1) is 24.5 Å². The molecule has 43 heavy (non-hydrogen) atoms. The van der Waals surface area contributed by atoms with Crippen LogP contribution in [-0.2, 0) is 25.7 Å². The number of hydrogen-bond donors (Lipinski definition) is 1. The second-order valence-corrected chi connectivity index (χ2v) is 11.2. The first-order chi connectivity index (χ1) is 20.9. The van der Waals surface area contributed by atoms with Crippen molar-refractivity contribution in [1.29, 1.82) is 0 Å². The van der Waals surface area contributed by atoms with Crippen LogP contribution in [0.3, 0.4) is 0 Å². The van der Waals surface area contributed by atoms with Crippen LogP contribution < -0.4 is 15.1 Å². The van der Waals surface area contributed by atoms with Gasteiger partial charge in [0.15, 0.2) is 0 Å². The zero-order valence-corrected chi connectivity index (χ0v) is 23.8. The molecule has 6 rings (SSSR count). The zero-order chi connectivity index (χ0) is 30.0. The van der Waals surface area contributed by atoms with E-state index < -0.39 is 35.5 Å². The standard InChI is InChI=1S/C33H33FN4O5/c34-24-9-7-23(8-10-24)21-38(29(39)22-37-28-6-2-1-5-27(28)30(40)31(37)41)33(15-3-4-16-33)32(42)35-25-11-13-26(14-12-25)36-17-19-43-20-18-36/h1-2,5-14H,3-4,15-22H2,(H,35,42). The van der Waals surface area contributed by atoms with Crippen LogP contribution in [0.15, 0.2) is 72.8 Å². The molecule has 1 aliphatic carbocycles. The predicted octanol–water partition coefficient (Wildman–Crippen LogP) is 4.17. The molecule has 0 radical (unpaired) electrons. The molecule has 1 saturated heterocycles. The van der Waals surface area contributed by atoms with E-state index in [1.165, 1.54) is 21.9 Å². The highest BCUT2D eigenvalue weighted by atomic mass is 19.1. The number of amides is 3. The minimum absolute atomic E-state index is 0.0418. The van der Waals surface area contributed by atoms with Crippen LogP contribution in [0.2, 0.25) is 0 Å². The number of rotatable bonds is 8. The van der Waals surface area contributed by atoms with Crippen LogP contribution in [0.4, 0.5) is 21.5 Å². The Hall–Kier alpha value is -4.57. The van der Waals surface area contributed by atoms with E-state index in [4.69, 9.17) is 4.74 Å². The Kier molecular flexibility index (Phi) is 7.94. The number of morpholine rings is 1. The number of nitrogens with zero attached hydrogens (tertiary/aromatic N) is 3. The molecule has 2 fully saturated rings. The third-order valence-corrected chi connectivity index (χ3v) is 8.60. The second kappa shape index (κ2) is 12.0. The van der Waals surface area contributed by atoms with E-state index in [9.17, 15) is 23.6 Å². The van der Waals surface area contributed by atoms with E-state index in [0.717, 1.165) is 31.6 Å². The number of carbonyl (C=O) groups is 4. The Morgan fingerprint density at radius 3 is 2.28 bits per heavy atom. The molecule has 2 aliphatic heterocycles. The minimum atomic E-state index is -1.19. The van der Waals surface area contributed by atoms with Crippen LogP contribution in [0.1, 0.15) is 41.6 Å². The predicted molar refractivity (Wildman–Crippen MR) is 159 cm³/mol. The lowest BCUT2D eigenvalue weighted by atomic mass is 9.92. The summed E-state index contributed by atoms with van der Waals surface area (Å²) in [7, 11) is 0. The Labute approximate surface area is 249 Å². The van der Waals surface area contributed by atoms with E-state index in [-0.39, 0.29) is 18.0 Å². The molecule has 3 aromatic rings. The molecule has 1 N–H and O–H groups in total. The molecule has 3 aromatic carbocycles. The summed E-state index contributed by atoms with van der Waals surface area (Å²) in [5.41, 5.74) is 1.72. The SMILES string of the molecule is O=C1C(=O)N(CC(=O)N(Cc2ccc(F)cc2)C2(C(=O)Nc3ccc(N4CCOCC4)cc3)CCCC2)c2ccccc21. The second-order valence-electron chi connectivity index (χ2n) is 11.2. The van der Waals surface area contributed by atoms with Crippen LogP contribution in [0.5, 0.6) is 0 Å². The van der Waals surface area contributed by atoms with Gasteiger partial charge in [0.1, 0.15) is 17.9 Å². The first kappa shape index (κ1) is 28.5. The normalized spacial score (nSPS) is 17.6. The van der Waals surface area contributed by atoms with Gasteiger partial charge in [-0.1, -0.05) is 37.1 Å². The van der Waals surface area contributed by atoms with Gasteiger partial charge in [-0.3, -0.25) is 24.1 Å². The Balaban J connectivity index is 1.28. The maximum absolute atomic E-state index is 14.2. The fraction of sp³-hybridized carbons (Fsp3) is 0.333. The fourth-order valence-corrected chi connectivity index (χ4v) is 6.28. The first-order valence-electron chi connectivity index (χ1n) is 14.6. The Morgan fingerprint density at radius 1 is 0.907 bits per heavy atom. The summed E-state index contributed by atoms with van der Waals surface area (Å²) in [4.78, 5) is 58.7. The van der Waals surface area contributed by atoms with Crippen LogP contribution in [0, 0.1) is 5.82 Å². The van der Waals surface area contributed by atoms with Gasteiger partial charge in [0.2, 0.25) is 11.8 Å². The number of benzene rings is 3. The molecular weight excluding hydrogens is 551 g/mol. The third-order valence-electron chi connectivity index (χ3n) is 8.60.